The molecule has 0 bridgehead atoms. The average molecular weight is 531 g/mol. The fourth-order valence-electron chi connectivity index (χ4n) is 3.45. The molecule has 0 unspecified atom stereocenters. The van der Waals surface area contributed by atoms with E-state index in [1.807, 2.05) is 30.3 Å². The monoisotopic (exact) mass is 529 g/mol. The van der Waals surface area contributed by atoms with Crippen molar-refractivity contribution in [2.24, 2.45) is 4.99 Å². The van der Waals surface area contributed by atoms with Crippen molar-refractivity contribution in [1.82, 2.24) is 10.1 Å². The first-order chi connectivity index (χ1) is 17.0. The largest absolute Gasteiger partial charge is 0.493 e. The maximum Gasteiger partial charge on any atom is 0.264 e. The Morgan fingerprint density at radius 1 is 1.00 bits per heavy atom. The topological polar surface area (TPSA) is 93.8 Å². The van der Waals surface area contributed by atoms with Crippen molar-refractivity contribution in [2.75, 3.05) is 24.4 Å². The number of hydrogen-bond acceptors (Lipinski definition) is 8. The summed E-state index contributed by atoms with van der Waals surface area (Å²) in [6, 6.07) is 16.2. The molecule has 1 aliphatic heterocycles. The number of nitrogens with one attached hydrogen (secondary N) is 2. The molecule has 3 aromatic carbocycles. The number of fused-ring (bicyclic) bond motifs is 1. The minimum Gasteiger partial charge on any atom is -0.493 e. The van der Waals surface area contributed by atoms with Crippen LogP contribution in [-0.2, 0) is 6.61 Å². The third kappa shape index (κ3) is 5.14. The first kappa shape index (κ1) is 23.3. The summed E-state index contributed by atoms with van der Waals surface area (Å²) in [5.74, 6) is 2.47. The molecule has 0 saturated carbocycles. The van der Waals surface area contributed by atoms with Gasteiger partial charge in [-0.2, -0.15) is 4.98 Å². The summed E-state index contributed by atoms with van der Waals surface area (Å²) >= 11 is 18.1. The molecule has 8 nitrogen and oxygen atoms in total. The van der Waals surface area contributed by atoms with Gasteiger partial charge in [-0.3, -0.25) is 0 Å². The van der Waals surface area contributed by atoms with E-state index in [1.54, 1.807) is 31.4 Å². The van der Waals surface area contributed by atoms with Crippen LogP contribution in [0, 0.1) is 0 Å². The van der Waals surface area contributed by atoms with Crippen LogP contribution in [0.3, 0.4) is 0 Å². The van der Waals surface area contributed by atoms with Crippen molar-refractivity contribution in [3.8, 4) is 22.9 Å². The highest BCUT2D eigenvalue weighted by atomic mass is 35.5. The zero-order valence-electron chi connectivity index (χ0n) is 18.3. The zero-order valence-corrected chi connectivity index (χ0v) is 20.6. The van der Waals surface area contributed by atoms with Gasteiger partial charge in [-0.1, -0.05) is 40.0 Å². The van der Waals surface area contributed by atoms with Crippen LogP contribution in [-0.4, -0.2) is 29.8 Å². The molecule has 0 atom stereocenters. The Morgan fingerprint density at radius 2 is 1.83 bits per heavy atom. The zero-order chi connectivity index (χ0) is 24.4. The lowest BCUT2D eigenvalue weighted by Crippen LogP contribution is -2.22. The predicted octanol–water partition coefficient (Wildman–Crippen LogP) is 6.53. The number of halogens is 3. The molecular weight excluding hydrogens is 513 g/mol. The van der Waals surface area contributed by atoms with Crippen molar-refractivity contribution in [1.29, 1.82) is 0 Å². The van der Waals surface area contributed by atoms with E-state index in [0.29, 0.717) is 50.8 Å². The number of amidine groups is 1. The molecule has 1 aliphatic rings. The Hall–Kier alpha value is -3.46. The fraction of sp³-hybridized carbons (Fsp3) is 0.125. The highest BCUT2D eigenvalue weighted by molar-refractivity contribution is 6.42. The lowest BCUT2D eigenvalue weighted by atomic mass is 10.1. The highest BCUT2D eigenvalue weighted by Crippen LogP contribution is 2.36. The lowest BCUT2D eigenvalue weighted by molar-refractivity contribution is 0.233. The number of rotatable bonds is 6. The van der Waals surface area contributed by atoms with Crippen LogP contribution in [0.2, 0.25) is 15.1 Å². The molecule has 2 N–H and O–H groups in total. The smallest absolute Gasteiger partial charge is 0.264 e. The molecule has 0 radical (unpaired) electrons. The van der Waals surface area contributed by atoms with Gasteiger partial charge in [0.15, 0.2) is 18.1 Å². The Balaban J connectivity index is 1.34. The summed E-state index contributed by atoms with van der Waals surface area (Å²) in [4.78, 5) is 8.92. The van der Waals surface area contributed by atoms with Crippen LogP contribution in [0.4, 0.5) is 11.4 Å². The second kappa shape index (κ2) is 10.0. The van der Waals surface area contributed by atoms with Gasteiger partial charge in [0.1, 0.15) is 12.5 Å². The van der Waals surface area contributed by atoms with Crippen LogP contribution in [0.1, 0.15) is 11.5 Å². The van der Waals surface area contributed by atoms with Crippen LogP contribution >= 0.6 is 34.8 Å². The van der Waals surface area contributed by atoms with Gasteiger partial charge in [-0.05, 0) is 48.5 Å². The summed E-state index contributed by atoms with van der Waals surface area (Å²) in [5.41, 5.74) is 3.19. The molecule has 11 heteroatoms. The van der Waals surface area contributed by atoms with Gasteiger partial charge in [0.2, 0.25) is 5.82 Å². The quantitative estimate of drug-likeness (QED) is 0.293. The summed E-state index contributed by atoms with van der Waals surface area (Å²) in [6.45, 7) is 0.453. The number of nitrogens with zero attached hydrogens (tertiary/aromatic N) is 3. The molecule has 5 rings (SSSR count). The molecule has 0 fully saturated rings. The molecule has 4 aromatic rings. The normalized spacial score (nSPS) is 12.4. The molecule has 0 saturated heterocycles. The van der Waals surface area contributed by atoms with Crippen LogP contribution in [0.5, 0.6) is 11.5 Å². The molecule has 0 spiro atoms. The van der Waals surface area contributed by atoms with E-state index >= 15 is 0 Å². The third-order valence-corrected chi connectivity index (χ3v) is 6.16. The van der Waals surface area contributed by atoms with Crippen molar-refractivity contribution in [2.45, 2.75) is 6.61 Å². The van der Waals surface area contributed by atoms with Gasteiger partial charge < -0.3 is 24.6 Å². The summed E-state index contributed by atoms with van der Waals surface area (Å²) < 4.78 is 16.9. The van der Waals surface area contributed by atoms with Gasteiger partial charge in [0.25, 0.3) is 5.89 Å². The van der Waals surface area contributed by atoms with Gasteiger partial charge in [0.05, 0.1) is 22.8 Å². The van der Waals surface area contributed by atoms with Crippen molar-refractivity contribution in [3.05, 3.63) is 81.1 Å². The molecule has 35 heavy (non-hydrogen) atoms. The second-order valence-electron chi connectivity index (χ2n) is 7.45. The number of benzene rings is 3. The van der Waals surface area contributed by atoms with Crippen molar-refractivity contribution in [3.63, 3.8) is 0 Å². The van der Waals surface area contributed by atoms with Gasteiger partial charge in [0, 0.05) is 27.9 Å². The van der Waals surface area contributed by atoms with Gasteiger partial charge in [-0.15, -0.1) is 0 Å². The van der Waals surface area contributed by atoms with Gasteiger partial charge >= 0.3 is 0 Å². The Morgan fingerprint density at radius 3 is 2.60 bits per heavy atom. The molecule has 0 aliphatic carbocycles. The maximum atomic E-state index is 6.14. The third-order valence-electron chi connectivity index (χ3n) is 5.17. The number of aromatic nitrogens is 2. The standard InChI is InChI=1S/C24H18Cl3N5O3/c1-33-20-9-16-19(28-12-29-24(16)30-15-6-7-17(26)18(27)8-15)10-21(20)34-11-22-31-23(32-35-22)13-2-4-14(25)5-3-13/h2-10,28H,11-12H2,1H3,(H,29,30). The van der Waals surface area contributed by atoms with E-state index in [1.165, 1.54) is 0 Å². The molecule has 1 aromatic heterocycles. The Kier molecular flexibility index (Phi) is 6.68. The molecule has 2 heterocycles. The number of ether oxygens (including phenoxy) is 2. The minimum atomic E-state index is 0.0677. The Labute approximate surface area is 215 Å². The highest BCUT2D eigenvalue weighted by Gasteiger charge is 2.20. The summed E-state index contributed by atoms with van der Waals surface area (Å²) in [7, 11) is 1.57. The minimum absolute atomic E-state index is 0.0677. The van der Waals surface area contributed by atoms with E-state index in [2.05, 4.69) is 25.8 Å². The first-order valence-corrected chi connectivity index (χ1v) is 11.6. The average Bonchev–Trinajstić information content (AvgIpc) is 3.34. The SMILES string of the molecule is COc1cc2c(cc1OCc1nc(-c3ccc(Cl)cc3)no1)NCN=C2Nc1ccc(Cl)c(Cl)c1. The first-order valence-electron chi connectivity index (χ1n) is 10.4. The second-order valence-corrected chi connectivity index (χ2v) is 8.70. The van der Waals surface area contributed by atoms with Crippen LogP contribution < -0.4 is 20.1 Å². The fourth-order valence-corrected chi connectivity index (χ4v) is 3.87. The predicted molar refractivity (Wildman–Crippen MR) is 137 cm³/mol. The summed E-state index contributed by atoms with van der Waals surface area (Å²) in [6.07, 6.45) is 0. The maximum absolute atomic E-state index is 6.14. The van der Waals surface area contributed by atoms with Crippen molar-refractivity contribution >= 4 is 52.0 Å². The van der Waals surface area contributed by atoms with E-state index in [-0.39, 0.29) is 6.61 Å². The number of hydrogen-bond donors (Lipinski definition) is 2. The van der Waals surface area contributed by atoms with E-state index < -0.39 is 0 Å². The van der Waals surface area contributed by atoms with Crippen LogP contribution in [0.15, 0.2) is 64.1 Å². The van der Waals surface area contributed by atoms with E-state index in [4.69, 9.17) is 48.8 Å². The molecule has 178 valence electrons. The number of aliphatic imine (C=N–C) groups is 1. The lowest BCUT2D eigenvalue weighted by Gasteiger charge is -2.22. The van der Waals surface area contributed by atoms with Crippen molar-refractivity contribution < 1.29 is 14.0 Å². The number of anilines is 2. The van der Waals surface area contributed by atoms with Crippen LogP contribution in [0.25, 0.3) is 11.4 Å². The molecule has 0 amide bonds. The molecular formula is C24H18Cl3N5O3. The van der Waals surface area contributed by atoms with Gasteiger partial charge in [-0.25, -0.2) is 4.99 Å². The van der Waals surface area contributed by atoms with E-state index in [0.717, 1.165) is 22.5 Å². The summed E-state index contributed by atoms with van der Waals surface area (Å²) in [5, 5.41) is 12.1. The number of methoxy groups -OCH3 is 1. The Bertz CT molecular complexity index is 1410. The van der Waals surface area contributed by atoms with E-state index in [9.17, 15) is 0 Å².